The summed E-state index contributed by atoms with van der Waals surface area (Å²) < 4.78 is 5.94. The zero-order valence-corrected chi connectivity index (χ0v) is 18.8. The average Bonchev–Trinajstić information content (AvgIpc) is 3.36. The lowest BCUT2D eigenvalue weighted by Crippen LogP contribution is -2.37. The number of carbonyl (C=O) groups excluding carboxylic acids is 1. The molecule has 166 valence electrons. The lowest BCUT2D eigenvalue weighted by atomic mass is 10.2. The van der Waals surface area contributed by atoms with Crippen molar-refractivity contribution in [3.63, 3.8) is 0 Å². The SMILES string of the molecule is Cc1ccc(NC[C@@H]2CCC(=O)N2c2ccc(OCCCN3CCCC3C)cc2)cc1. The number of hydrogen-bond donors (Lipinski definition) is 1. The third kappa shape index (κ3) is 5.59. The van der Waals surface area contributed by atoms with Gasteiger partial charge in [0.25, 0.3) is 0 Å². The molecule has 0 spiro atoms. The van der Waals surface area contributed by atoms with E-state index in [1.54, 1.807) is 0 Å². The number of benzene rings is 2. The molecule has 2 saturated heterocycles. The van der Waals surface area contributed by atoms with Gasteiger partial charge in [-0.1, -0.05) is 17.7 Å². The van der Waals surface area contributed by atoms with Gasteiger partial charge in [-0.3, -0.25) is 4.79 Å². The van der Waals surface area contributed by atoms with Crippen molar-refractivity contribution in [3.8, 4) is 5.75 Å². The largest absolute Gasteiger partial charge is 0.494 e. The van der Waals surface area contributed by atoms with E-state index in [2.05, 4.69) is 48.3 Å². The molecule has 0 aliphatic carbocycles. The fraction of sp³-hybridized carbons (Fsp3) is 0.500. The zero-order valence-electron chi connectivity index (χ0n) is 18.8. The maximum atomic E-state index is 12.6. The Kier molecular flexibility index (Phi) is 7.13. The van der Waals surface area contributed by atoms with Crippen LogP contribution in [0.3, 0.4) is 0 Å². The molecular formula is C26H35N3O2. The van der Waals surface area contributed by atoms with E-state index < -0.39 is 0 Å². The maximum Gasteiger partial charge on any atom is 0.227 e. The van der Waals surface area contributed by atoms with Crippen LogP contribution in [-0.2, 0) is 4.79 Å². The second-order valence-electron chi connectivity index (χ2n) is 8.93. The number of rotatable bonds is 9. The Morgan fingerprint density at radius 3 is 2.55 bits per heavy atom. The Hall–Kier alpha value is -2.53. The van der Waals surface area contributed by atoms with Crippen molar-refractivity contribution in [2.24, 2.45) is 0 Å². The summed E-state index contributed by atoms with van der Waals surface area (Å²) in [6.07, 6.45) is 5.17. The first-order valence-corrected chi connectivity index (χ1v) is 11.7. The van der Waals surface area contributed by atoms with Crippen LogP contribution in [0.4, 0.5) is 11.4 Å². The third-order valence-corrected chi connectivity index (χ3v) is 6.58. The number of aryl methyl sites for hydroxylation is 1. The van der Waals surface area contributed by atoms with Crippen LogP contribution >= 0.6 is 0 Å². The van der Waals surface area contributed by atoms with E-state index >= 15 is 0 Å². The fourth-order valence-corrected chi connectivity index (χ4v) is 4.68. The number of carbonyl (C=O) groups is 1. The van der Waals surface area contributed by atoms with Crippen LogP contribution in [-0.4, -0.2) is 49.1 Å². The van der Waals surface area contributed by atoms with E-state index in [0.29, 0.717) is 12.5 Å². The topological polar surface area (TPSA) is 44.8 Å². The Morgan fingerprint density at radius 2 is 1.84 bits per heavy atom. The van der Waals surface area contributed by atoms with Gasteiger partial charge >= 0.3 is 0 Å². The van der Waals surface area contributed by atoms with E-state index in [0.717, 1.165) is 49.7 Å². The van der Waals surface area contributed by atoms with Gasteiger partial charge in [0.05, 0.1) is 12.6 Å². The summed E-state index contributed by atoms with van der Waals surface area (Å²) in [5, 5.41) is 3.48. The smallest absolute Gasteiger partial charge is 0.227 e. The van der Waals surface area contributed by atoms with Gasteiger partial charge in [-0.25, -0.2) is 0 Å². The van der Waals surface area contributed by atoms with Gasteiger partial charge in [-0.15, -0.1) is 0 Å². The van der Waals surface area contributed by atoms with Crippen LogP contribution in [0, 0.1) is 6.92 Å². The third-order valence-electron chi connectivity index (χ3n) is 6.58. The Bertz CT molecular complexity index is 850. The van der Waals surface area contributed by atoms with Crippen LogP contribution in [0.5, 0.6) is 5.75 Å². The highest BCUT2D eigenvalue weighted by atomic mass is 16.5. The van der Waals surface area contributed by atoms with E-state index in [4.69, 9.17) is 4.74 Å². The van der Waals surface area contributed by atoms with Gasteiger partial charge in [0.2, 0.25) is 5.91 Å². The van der Waals surface area contributed by atoms with Crippen LogP contribution < -0.4 is 15.0 Å². The molecule has 2 fully saturated rings. The van der Waals surface area contributed by atoms with E-state index in [1.165, 1.54) is 24.9 Å². The molecule has 5 heteroatoms. The summed E-state index contributed by atoms with van der Waals surface area (Å²) in [6.45, 7) is 8.21. The van der Waals surface area contributed by atoms with E-state index in [1.807, 2.05) is 29.2 Å². The quantitative estimate of drug-likeness (QED) is 0.588. The first-order chi connectivity index (χ1) is 15.1. The molecule has 2 aromatic carbocycles. The lowest BCUT2D eigenvalue weighted by molar-refractivity contribution is -0.117. The summed E-state index contributed by atoms with van der Waals surface area (Å²) in [4.78, 5) is 17.0. The van der Waals surface area contributed by atoms with E-state index in [-0.39, 0.29) is 11.9 Å². The molecule has 5 nitrogen and oxygen atoms in total. The fourth-order valence-electron chi connectivity index (χ4n) is 4.68. The van der Waals surface area contributed by atoms with Crippen molar-refractivity contribution in [1.82, 2.24) is 4.90 Å². The molecule has 1 amide bonds. The molecule has 0 saturated carbocycles. The molecule has 0 radical (unpaired) electrons. The lowest BCUT2D eigenvalue weighted by Gasteiger charge is -2.26. The van der Waals surface area contributed by atoms with Gasteiger partial charge in [0.15, 0.2) is 0 Å². The molecule has 2 aromatic rings. The highest BCUT2D eigenvalue weighted by Gasteiger charge is 2.31. The van der Waals surface area contributed by atoms with Crippen LogP contribution in [0.25, 0.3) is 0 Å². The van der Waals surface area contributed by atoms with Gasteiger partial charge in [-0.05, 0) is 82.5 Å². The van der Waals surface area contributed by atoms with Crippen molar-refractivity contribution in [2.45, 2.75) is 58.0 Å². The van der Waals surface area contributed by atoms with Crippen LogP contribution in [0.15, 0.2) is 48.5 Å². The molecule has 0 aromatic heterocycles. The number of nitrogens with zero attached hydrogens (tertiary/aromatic N) is 2. The first-order valence-electron chi connectivity index (χ1n) is 11.7. The molecule has 1 unspecified atom stereocenters. The van der Waals surface area contributed by atoms with Gasteiger partial charge in [-0.2, -0.15) is 0 Å². The Balaban J connectivity index is 1.28. The molecule has 2 aliphatic rings. The predicted molar refractivity (Wildman–Crippen MR) is 127 cm³/mol. The molecule has 31 heavy (non-hydrogen) atoms. The molecule has 1 N–H and O–H groups in total. The van der Waals surface area contributed by atoms with Crippen molar-refractivity contribution in [2.75, 3.05) is 36.5 Å². The Morgan fingerprint density at radius 1 is 1.06 bits per heavy atom. The number of nitrogens with one attached hydrogen (secondary N) is 1. The maximum absolute atomic E-state index is 12.6. The highest BCUT2D eigenvalue weighted by Crippen LogP contribution is 2.29. The van der Waals surface area contributed by atoms with Gasteiger partial charge in [0.1, 0.15) is 5.75 Å². The minimum absolute atomic E-state index is 0.169. The summed E-state index contributed by atoms with van der Waals surface area (Å²) in [5.74, 6) is 1.07. The second kappa shape index (κ2) is 10.2. The second-order valence-corrected chi connectivity index (χ2v) is 8.93. The monoisotopic (exact) mass is 421 g/mol. The molecule has 2 heterocycles. The summed E-state index contributed by atoms with van der Waals surface area (Å²) >= 11 is 0. The summed E-state index contributed by atoms with van der Waals surface area (Å²) in [6, 6.07) is 17.3. The Labute approximate surface area is 186 Å². The number of anilines is 2. The first kappa shape index (κ1) is 21.7. The van der Waals surface area contributed by atoms with Crippen molar-refractivity contribution in [3.05, 3.63) is 54.1 Å². The number of hydrogen-bond acceptors (Lipinski definition) is 4. The predicted octanol–water partition coefficient (Wildman–Crippen LogP) is 4.86. The highest BCUT2D eigenvalue weighted by molar-refractivity contribution is 5.96. The number of likely N-dealkylation sites (tertiary alicyclic amines) is 1. The van der Waals surface area contributed by atoms with Crippen molar-refractivity contribution >= 4 is 17.3 Å². The summed E-state index contributed by atoms with van der Waals surface area (Å²) in [5.41, 5.74) is 3.30. The van der Waals surface area contributed by atoms with Gasteiger partial charge in [0, 0.05) is 36.9 Å². The zero-order chi connectivity index (χ0) is 21.6. The van der Waals surface area contributed by atoms with E-state index in [9.17, 15) is 4.79 Å². The standard InChI is InChI=1S/C26H35N3O2/c1-20-6-8-22(9-7-20)27-19-24-12-15-26(30)29(24)23-10-13-25(14-11-23)31-18-4-17-28-16-3-5-21(28)2/h6-11,13-14,21,24,27H,3-5,12,15-19H2,1-2H3/t21?,24-/m0/s1. The minimum Gasteiger partial charge on any atom is -0.494 e. The van der Waals surface area contributed by atoms with Crippen molar-refractivity contribution < 1.29 is 9.53 Å². The van der Waals surface area contributed by atoms with Crippen molar-refractivity contribution in [1.29, 1.82) is 0 Å². The molecule has 0 bridgehead atoms. The molecule has 4 rings (SSSR count). The molecular weight excluding hydrogens is 386 g/mol. The van der Waals surface area contributed by atoms with Crippen LogP contribution in [0.2, 0.25) is 0 Å². The average molecular weight is 422 g/mol. The van der Waals surface area contributed by atoms with Crippen LogP contribution in [0.1, 0.15) is 44.6 Å². The minimum atomic E-state index is 0.169. The molecule has 2 atom stereocenters. The van der Waals surface area contributed by atoms with Gasteiger partial charge < -0.3 is 19.9 Å². The normalized spacial score (nSPS) is 21.6. The number of amides is 1. The summed E-state index contributed by atoms with van der Waals surface area (Å²) in [7, 11) is 0. The molecule has 2 aliphatic heterocycles. The number of ether oxygens (including phenoxy) is 1.